The maximum Gasteiger partial charge on any atom is 0.231 e. The summed E-state index contributed by atoms with van der Waals surface area (Å²) in [4.78, 5) is 15.7. The minimum Gasteiger partial charge on any atom is -0.339 e. The van der Waals surface area contributed by atoms with Gasteiger partial charge in [0.25, 0.3) is 0 Å². The molecule has 0 fully saturated rings. The van der Waals surface area contributed by atoms with Crippen molar-refractivity contribution in [3.63, 3.8) is 0 Å². The molecule has 4 heteroatoms. The van der Waals surface area contributed by atoms with Crippen LogP contribution in [0.25, 0.3) is 0 Å². The molecular weight excluding hydrogens is 266 g/mol. The van der Waals surface area contributed by atoms with Crippen molar-refractivity contribution in [2.75, 3.05) is 18.2 Å². The smallest absolute Gasteiger partial charge is 0.231 e. The van der Waals surface area contributed by atoms with Crippen LogP contribution in [0.1, 0.15) is 25.3 Å². The molecule has 0 saturated heterocycles. The number of alkyl halides is 1. The molecule has 1 aliphatic rings. The molecule has 1 amide bonds. The minimum atomic E-state index is -0.00295. The van der Waals surface area contributed by atoms with E-state index in [9.17, 15) is 4.79 Å². The molecule has 98 valence electrons. The number of nitrogens with zero attached hydrogens (tertiary/aromatic N) is 1. The van der Waals surface area contributed by atoms with E-state index in [0.717, 1.165) is 5.75 Å². The van der Waals surface area contributed by atoms with E-state index in [1.165, 1.54) is 10.5 Å². The number of carbonyl (C=O) groups is 1. The van der Waals surface area contributed by atoms with Gasteiger partial charge in [0.1, 0.15) is 0 Å². The van der Waals surface area contributed by atoms with E-state index in [-0.39, 0.29) is 17.9 Å². The van der Waals surface area contributed by atoms with Crippen LogP contribution in [-0.2, 0) is 4.79 Å². The lowest BCUT2D eigenvalue weighted by Gasteiger charge is -2.28. The van der Waals surface area contributed by atoms with E-state index >= 15 is 0 Å². The largest absolute Gasteiger partial charge is 0.339 e. The molecule has 0 aliphatic carbocycles. The maximum absolute atomic E-state index is 12.6. The van der Waals surface area contributed by atoms with Gasteiger partial charge in [-0.25, -0.2) is 0 Å². The van der Waals surface area contributed by atoms with Crippen molar-refractivity contribution in [2.24, 2.45) is 0 Å². The predicted octanol–water partition coefficient (Wildman–Crippen LogP) is 3.35. The molecule has 1 atom stereocenters. The summed E-state index contributed by atoms with van der Waals surface area (Å²) in [6.07, 6.45) is 0. The van der Waals surface area contributed by atoms with Crippen molar-refractivity contribution < 1.29 is 4.79 Å². The Labute approximate surface area is 118 Å². The zero-order valence-corrected chi connectivity index (χ0v) is 12.3. The number of halogens is 1. The van der Waals surface area contributed by atoms with Crippen molar-refractivity contribution in [1.82, 2.24) is 4.90 Å². The zero-order chi connectivity index (χ0) is 13.1. The Morgan fingerprint density at radius 1 is 1.50 bits per heavy atom. The molecule has 1 aromatic carbocycles. The topological polar surface area (TPSA) is 20.3 Å². The molecular formula is C14H18ClNOS. The van der Waals surface area contributed by atoms with E-state index in [4.69, 9.17) is 11.6 Å². The second kappa shape index (κ2) is 5.98. The van der Waals surface area contributed by atoms with E-state index in [0.29, 0.717) is 12.4 Å². The summed E-state index contributed by atoms with van der Waals surface area (Å²) in [5.74, 6) is 1.55. The van der Waals surface area contributed by atoms with Gasteiger partial charge in [-0.3, -0.25) is 4.79 Å². The molecule has 0 saturated carbocycles. The minimum absolute atomic E-state index is 0.00295. The average molecular weight is 284 g/mol. The lowest BCUT2D eigenvalue weighted by Crippen LogP contribution is -2.41. The number of hydrogen-bond donors (Lipinski definition) is 0. The van der Waals surface area contributed by atoms with E-state index in [1.807, 2.05) is 30.9 Å². The lowest BCUT2D eigenvalue weighted by atomic mass is 9.99. The summed E-state index contributed by atoms with van der Waals surface area (Å²) in [5.41, 5.74) is 1.17. The summed E-state index contributed by atoms with van der Waals surface area (Å²) >= 11 is 7.56. The summed E-state index contributed by atoms with van der Waals surface area (Å²) in [6, 6.07) is 8.39. The monoisotopic (exact) mass is 283 g/mol. The van der Waals surface area contributed by atoms with Crippen LogP contribution in [0.3, 0.4) is 0 Å². The van der Waals surface area contributed by atoms with Gasteiger partial charge in [0.2, 0.25) is 5.91 Å². The highest BCUT2D eigenvalue weighted by molar-refractivity contribution is 7.99. The van der Waals surface area contributed by atoms with Gasteiger partial charge in [0, 0.05) is 29.1 Å². The third-order valence-electron chi connectivity index (χ3n) is 3.23. The molecule has 0 bridgehead atoms. The summed E-state index contributed by atoms with van der Waals surface area (Å²) in [7, 11) is 0. The fraction of sp³-hybridized carbons (Fsp3) is 0.500. The summed E-state index contributed by atoms with van der Waals surface area (Å²) in [6.45, 7) is 4.71. The standard InChI is InChI=1S/C14H18ClNOS/c1-10(2)16(8-7-15)14(17)12-9-18-13-6-4-3-5-11(12)13/h3-6,10,12H,7-9H2,1-2H3. The van der Waals surface area contributed by atoms with E-state index in [2.05, 4.69) is 12.1 Å². The molecule has 0 radical (unpaired) electrons. The van der Waals surface area contributed by atoms with Crippen LogP contribution < -0.4 is 0 Å². The molecule has 0 N–H and O–H groups in total. The van der Waals surface area contributed by atoms with Gasteiger partial charge in [0.15, 0.2) is 0 Å². The van der Waals surface area contributed by atoms with E-state index in [1.54, 1.807) is 11.8 Å². The number of carbonyl (C=O) groups excluding carboxylic acids is 1. The van der Waals surface area contributed by atoms with E-state index < -0.39 is 0 Å². The molecule has 1 aliphatic heterocycles. The number of amides is 1. The third-order valence-corrected chi connectivity index (χ3v) is 4.58. The fourth-order valence-electron chi connectivity index (χ4n) is 2.28. The van der Waals surface area contributed by atoms with Gasteiger partial charge < -0.3 is 4.90 Å². The lowest BCUT2D eigenvalue weighted by molar-refractivity contribution is -0.133. The van der Waals surface area contributed by atoms with Crippen LogP contribution in [-0.4, -0.2) is 35.0 Å². The van der Waals surface area contributed by atoms with Gasteiger partial charge in [-0.05, 0) is 25.5 Å². The van der Waals surface area contributed by atoms with Gasteiger partial charge >= 0.3 is 0 Å². The van der Waals surface area contributed by atoms with Crippen molar-refractivity contribution in [2.45, 2.75) is 30.7 Å². The summed E-state index contributed by atoms with van der Waals surface area (Å²) in [5, 5.41) is 0. The highest BCUT2D eigenvalue weighted by atomic mass is 35.5. The highest BCUT2D eigenvalue weighted by Crippen LogP contribution is 2.40. The van der Waals surface area contributed by atoms with Crippen LogP contribution in [0.15, 0.2) is 29.2 Å². The zero-order valence-electron chi connectivity index (χ0n) is 10.7. The Morgan fingerprint density at radius 3 is 2.89 bits per heavy atom. The van der Waals surface area contributed by atoms with Crippen molar-refractivity contribution >= 4 is 29.3 Å². The Morgan fingerprint density at radius 2 is 2.22 bits per heavy atom. The van der Waals surface area contributed by atoms with Crippen LogP contribution in [0, 0.1) is 0 Å². The van der Waals surface area contributed by atoms with Crippen LogP contribution in [0.5, 0.6) is 0 Å². The Kier molecular flexibility index (Phi) is 4.57. The van der Waals surface area contributed by atoms with Crippen molar-refractivity contribution in [1.29, 1.82) is 0 Å². The normalized spacial score (nSPS) is 17.9. The first kappa shape index (κ1) is 13.8. The van der Waals surface area contributed by atoms with Crippen LogP contribution in [0.2, 0.25) is 0 Å². The second-order valence-electron chi connectivity index (χ2n) is 4.72. The molecule has 2 nitrogen and oxygen atoms in total. The first-order valence-corrected chi connectivity index (χ1v) is 7.75. The van der Waals surface area contributed by atoms with Gasteiger partial charge in [-0.15, -0.1) is 23.4 Å². The second-order valence-corrected chi connectivity index (χ2v) is 6.16. The van der Waals surface area contributed by atoms with Gasteiger partial charge in [0.05, 0.1) is 5.92 Å². The van der Waals surface area contributed by atoms with Crippen LogP contribution in [0.4, 0.5) is 0 Å². The Bertz CT molecular complexity index is 436. The molecule has 1 aromatic rings. The van der Waals surface area contributed by atoms with Crippen molar-refractivity contribution in [3.8, 4) is 0 Å². The van der Waals surface area contributed by atoms with Gasteiger partial charge in [-0.1, -0.05) is 18.2 Å². The third kappa shape index (κ3) is 2.67. The average Bonchev–Trinajstić information content (AvgIpc) is 2.78. The van der Waals surface area contributed by atoms with Crippen molar-refractivity contribution in [3.05, 3.63) is 29.8 Å². The van der Waals surface area contributed by atoms with Crippen LogP contribution >= 0.6 is 23.4 Å². The first-order valence-electron chi connectivity index (χ1n) is 6.23. The molecule has 2 rings (SSSR count). The predicted molar refractivity (Wildman–Crippen MR) is 77.5 cm³/mol. The molecule has 18 heavy (non-hydrogen) atoms. The number of thioether (sulfide) groups is 1. The number of benzene rings is 1. The SMILES string of the molecule is CC(C)N(CCCl)C(=O)C1CSc2ccccc21. The van der Waals surface area contributed by atoms with Gasteiger partial charge in [-0.2, -0.15) is 0 Å². The number of fused-ring (bicyclic) bond motifs is 1. The quantitative estimate of drug-likeness (QED) is 0.790. The fourth-order valence-corrected chi connectivity index (χ4v) is 3.68. The molecule has 0 spiro atoms. The maximum atomic E-state index is 12.6. The Hall–Kier alpha value is -0.670. The molecule has 0 aromatic heterocycles. The molecule has 1 unspecified atom stereocenters. The first-order chi connectivity index (χ1) is 8.65. The highest BCUT2D eigenvalue weighted by Gasteiger charge is 2.32. The number of rotatable bonds is 4. The summed E-state index contributed by atoms with van der Waals surface area (Å²) < 4.78 is 0. The Balaban J connectivity index is 2.20. The number of hydrogen-bond acceptors (Lipinski definition) is 2. The molecule has 1 heterocycles.